The number of piperazine rings is 1. The number of hydrogen-bond acceptors (Lipinski definition) is 7. The maximum absolute atomic E-state index is 5.62. The molecule has 1 aromatic carbocycles. The Bertz CT molecular complexity index is 726. The molecule has 0 unspecified atom stereocenters. The predicted molar refractivity (Wildman–Crippen MR) is 99.9 cm³/mol. The van der Waals surface area contributed by atoms with Crippen molar-refractivity contribution in [3.63, 3.8) is 0 Å². The van der Waals surface area contributed by atoms with E-state index in [0.29, 0.717) is 11.8 Å². The van der Waals surface area contributed by atoms with Crippen LogP contribution < -0.4 is 9.64 Å². The molecule has 2 saturated heterocycles. The molecule has 1 aromatic heterocycles. The lowest BCUT2D eigenvalue weighted by atomic mass is 10.1. The van der Waals surface area contributed by atoms with E-state index in [2.05, 4.69) is 31.9 Å². The van der Waals surface area contributed by atoms with E-state index in [1.807, 2.05) is 6.07 Å². The molecular formula is C19H26N4O3. The Kier molecular flexibility index (Phi) is 5.48. The molecule has 2 aliphatic heterocycles. The first-order valence-electron chi connectivity index (χ1n) is 9.25. The number of fused-ring (bicyclic) bond motifs is 1. The van der Waals surface area contributed by atoms with Gasteiger partial charge in [0.15, 0.2) is 0 Å². The molecule has 26 heavy (non-hydrogen) atoms. The number of rotatable bonds is 4. The maximum atomic E-state index is 5.62. The molecule has 0 radical (unpaired) electrons. The van der Waals surface area contributed by atoms with Gasteiger partial charge in [-0.05, 0) is 18.2 Å². The molecule has 0 bridgehead atoms. The number of aromatic nitrogens is 2. The Balaban J connectivity index is 1.39. The minimum atomic E-state index is 0.478. The molecule has 4 rings (SSSR count). The monoisotopic (exact) mass is 358 g/mol. The molecule has 3 heterocycles. The van der Waals surface area contributed by atoms with Crippen LogP contribution in [0.1, 0.15) is 0 Å². The summed E-state index contributed by atoms with van der Waals surface area (Å²) in [7, 11) is 1.65. The van der Waals surface area contributed by atoms with E-state index >= 15 is 0 Å². The fraction of sp³-hybridized carbons (Fsp3) is 0.579. The molecule has 2 fully saturated rings. The van der Waals surface area contributed by atoms with E-state index in [4.69, 9.17) is 14.2 Å². The van der Waals surface area contributed by atoms with Crippen molar-refractivity contribution in [3.8, 4) is 5.88 Å². The van der Waals surface area contributed by atoms with Crippen molar-refractivity contribution < 1.29 is 14.2 Å². The second kappa shape index (κ2) is 8.16. The van der Waals surface area contributed by atoms with E-state index in [9.17, 15) is 0 Å². The summed E-state index contributed by atoms with van der Waals surface area (Å²) >= 11 is 0. The summed E-state index contributed by atoms with van der Waals surface area (Å²) in [5.41, 5.74) is 2.11. The minimum absolute atomic E-state index is 0.478. The van der Waals surface area contributed by atoms with Gasteiger partial charge in [0, 0.05) is 44.3 Å². The highest BCUT2D eigenvalue weighted by Crippen LogP contribution is 2.27. The van der Waals surface area contributed by atoms with Gasteiger partial charge >= 0.3 is 0 Å². The molecule has 0 saturated carbocycles. The SMILES string of the molecule is COc1ncnc2ccc(N3CCN(CC4COCCOC4)CC3)cc12. The lowest BCUT2D eigenvalue weighted by molar-refractivity contribution is 0.102. The number of ether oxygens (including phenoxy) is 3. The Morgan fingerprint density at radius 1 is 1.08 bits per heavy atom. The van der Waals surface area contributed by atoms with Crippen molar-refractivity contribution in [1.82, 2.24) is 14.9 Å². The highest BCUT2D eigenvalue weighted by molar-refractivity contribution is 5.86. The highest BCUT2D eigenvalue weighted by atomic mass is 16.5. The fourth-order valence-electron chi connectivity index (χ4n) is 3.71. The Morgan fingerprint density at radius 2 is 1.85 bits per heavy atom. The first-order chi connectivity index (χ1) is 12.8. The summed E-state index contributed by atoms with van der Waals surface area (Å²) in [6.07, 6.45) is 1.54. The quantitative estimate of drug-likeness (QED) is 0.819. The average molecular weight is 358 g/mol. The Labute approximate surface area is 153 Å². The van der Waals surface area contributed by atoms with Crippen LogP contribution in [0.25, 0.3) is 10.9 Å². The standard InChI is InChI=1S/C19H26N4O3/c1-24-19-17-10-16(2-3-18(17)20-14-21-19)23-6-4-22(5-7-23)11-15-12-25-8-9-26-13-15/h2-3,10,14-15H,4-9,11-13H2,1H3. The zero-order chi connectivity index (χ0) is 17.8. The normalized spacial score (nSPS) is 20.3. The molecule has 0 amide bonds. The molecular weight excluding hydrogens is 332 g/mol. The van der Waals surface area contributed by atoms with Gasteiger partial charge in [0.2, 0.25) is 5.88 Å². The lowest BCUT2D eigenvalue weighted by Gasteiger charge is -2.37. The van der Waals surface area contributed by atoms with Gasteiger partial charge < -0.3 is 19.1 Å². The van der Waals surface area contributed by atoms with Gasteiger partial charge in [0.05, 0.1) is 44.4 Å². The van der Waals surface area contributed by atoms with Crippen LogP contribution in [0, 0.1) is 5.92 Å². The molecule has 7 heteroatoms. The van der Waals surface area contributed by atoms with Crippen LogP contribution in [0.5, 0.6) is 5.88 Å². The third-order valence-corrected chi connectivity index (χ3v) is 5.11. The van der Waals surface area contributed by atoms with Crippen LogP contribution in [-0.4, -0.2) is 81.1 Å². The number of anilines is 1. The van der Waals surface area contributed by atoms with Crippen LogP contribution >= 0.6 is 0 Å². The van der Waals surface area contributed by atoms with Crippen LogP contribution in [0.4, 0.5) is 5.69 Å². The zero-order valence-corrected chi connectivity index (χ0v) is 15.3. The van der Waals surface area contributed by atoms with E-state index in [-0.39, 0.29) is 0 Å². The van der Waals surface area contributed by atoms with Crippen LogP contribution in [-0.2, 0) is 9.47 Å². The smallest absolute Gasteiger partial charge is 0.224 e. The molecule has 0 aliphatic carbocycles. The first kappa shape index (κ1) is 17.5. The number of nitrogens with zero attached hydrogens (tertiary/aromatic N) is 4. The van der Waals surface area contributed by atoms with Crippen molar-refractivity contribution in [2.45, 2.75) is 0 Å². The van der Waals surface area contributed by atoms with Gasteiger partial charge in [-0.3, -0.25) is 4.90 Å². The lowest BCUT2D eigenvalue weighted by Crippen LogP contribution is -2.48. The summed E-state index contributed by atoms with van der Waals surface area (Å²) < 4.78 is 16.6. The van der Waals surface area contributed by atoms with Gasteiger partial charge in [-0.15, -0.1) is 0 Å². The third kappa shape index (κ3) is 3.90. The van der Waals surface area contributed by atoms with Crippen LogP contribution in [0.15, 0.2) is 24.5 Å². The van der Waals surface area contributed by atoms with Crippen molar-refractivity contribution in [1.29, 1.82) is 0 Å². The summed E-state index contributed by atoms with van der Waals surface area (Å²) in [4.78, 5) is 13.5. The van der Waals surface area contributed by atoms with Gasteiger partial charge in [-0.25, -0.2) is 9.97 Å². The summed E-state index contributed by atoms with van der Waals surface area (Å²) in [5.74, 6) is 1.11. The van der Waals surface area contributed by atoms with Crippen LogP contribution in [0.3, 0.4) is 0 Å². The van der Waals surface area contributed by atoms with Crippen molar-refractivity contribution >= 4 is 16.6 Å². The van der Waals surface area contributed by atoms with Crippen molar-refractivity contribution in [2.24, 2.45) is 5.92 Å². The summed E-state index contributed by atoms with van der Waals surface area (Å²) in [6.45, 7) is 8.24. The van der Waals surface area contributed by atoms with E-state index in [0.717, 1.165) is 70.1 Å². The summed E-state index contributed by atoms with van der Waals surface area (Å²) in [6, 6.07) is 6.32. The zero-order valence-electron chi connectivity index (χ0n) is 15.3. The molecule has 0 spiro atoms. The van der Waals surface area contributed by atoms with E-state index in [1.54, 1.807) is 13.4 Å². The molecule has 0 atom stereocenters. The first-order valence-corrected chi connectivity index (χ1v) is 9.25. The van der Waals surface area contributed by atoms with Gasteiger partial charge in [-0.2, -0.15) is 0 Å². The maximum Gasteiger partial charge on any atom is 0.224 e. The minimum Gasteiger partial charge on any atom is -0.480 e. The number of benzene rings is 1. The second-order valence-corrected chi connectivity index (χ2v) is 6.89. The number of methoxy groups -OCH3 is 1. The third-order valence-electron chi connectivity index (χ3n) is 5.11. The van der Waals surface area contributed by atoms with Gasteiger partial charge in [-0.1, -0.05) is 0 Å². The van der Waals surface area contributed by atoms with Crippen LogP contribution in [0.2, 0.25) is 0 Å². The van der Waals surface area contributed by atoms with Crippen molar-refractivity contribution in [3.05, 3.63) is 24.5 Å². The molecule has 140 valence electrons. The van der Waals surface area contributed by atoms with Crippen molar-refractivity contribution in [2.75, 3.05) is 71.2 Å². The highest BCUT2D eigenvalue weighted by Gasteiger charge is 2.22. The molecule has 0 N–H and O–H groups in total. The Hall–Kier alpha value is -1.96. The van der Waals surface area contributed by atoms with Gasteiger partial charge in [0.1, 0.15) is 6.33 Å². The van der Waals surface area contributed by atoms with Gasteiger partial charge in [0.25, 0.3) is 0 Å². The Morgan fingerprint density at radius 3 is 2.58 bits per heavy atom. The second-order valence-electron chi connectivity index (χ2n) is 6.89. The van der Waals surface area contributed by atoms with E-state index < -0.39 is 0 Å². The summed E-state index contributed by atoms with van der Waals surface area (Å²) in [5, 5.41) is 0.961. The largest absolute Gasteiger partial charge is 0.480 e. The molecule has 2 aromatic rings. The fourth-order valence-corrected chi connectivity index (χ4v) is 3.71. The topological polar surface area (TPSA) is 60.0 Å². The average Bonchev–Trinajstić information content (AvgIpc) is 2.96. The molecule has 7 nitrogen and oxygen atoms in total. The predicted octanol–water partition coefficient (Wildman–Crippen LogP) is 1.42. The molecule has 2 aliphatic rings. The number of hydrogen-bond donors (Lipinski definition) is 0. The van der Waals surface area contributed by atoms with E-state index in [1.165, 1.54) is 5.69 Å².